The van der Waals surface area contributed by atoms with E-state index in [-0.39, 0.29) is 18.3 Å². The van der Waals surface area contributed by atoms with Crippen LogP contribution in [-0.4, -0.2) is 24.0 Å². The summed E-state index contributed by atoms with van der Waals surface area (Å²) in [6.45, 7) is 4.67. The molecule has 0 radical (unpaired) electrons. The summed E-state index contributed by atoms with van der Waals surface area (Å²) in [5, 5.41) is 3.73. The highest BCUT2D eigenvalue weighted by Crippen LogP contribution is 2.20. The number of nitrogens with one attached hydrogen (secondary N) is 1. The maximum atomic E-state index is 12.1. The summed E-state index contributed by atoms with van der Waals surface area (Å²) in [5.74, 6) is 0.599. The molecule has 1 heterocycles. The van der Waals surface area contributed by atoms with E-state index >= 15 is 0 Å². The Hall–Kier alpha value is -1.63. The van der Waals surface area contributed by atoms with Gasteiger partial charge in [-0.15, -0.1) is 23.7 Å². The summed E-state index contributed by atoms with van der Waals surface area (Å²) in [6, 6.07) is 7.20. The maximum Gasteiger partial charge on any atom is 0.267 e. The van der Waals surface area contributed by atoms with Gasteiger partial charge in [-0.2, -0.15) is 0 Å². The van der Waals surface area contributed by atoms with Crippen LogP contribution in [-0.2, 0) is 0 Å². The number of aryl methyl sites for hydroxylation is 2. The van der Waals surface area contributed by atoms with Crippen molar-refractivity contribution in [3.8, 4) is 5.75 Å². The topological polar surface area (TPSA) is 77.2 Å². The van der Waals surface area contributed by atoms with Gasteiger partial charge in [-0.3, -0.25) is 4.79 Å². The minimum atomic E-state index is -0.135. The van der Waals surface area contributed by atoms with Crippen molar-refractivity contribution in [3.63, 3.8) is 0 Å². The number of anilines is 1. The van der Waals surface area contributed by atoms with Crippen LogP contribution in [0, 0.1) is 13.8 Å². The molecule has 5 nitrogen and oxygen atoms in total. The molecule has 114 valence electrons. The number of benzene rings is 1. The van der Waals surface area contributed by atoms with Gasteiger partial charge < -0.3 is 15.8 Å². The number of carbonyl (C=O) groups excluding carboxylic acids is 1. The first-order chi connectivity index (χ1) is 9.60. The first-order valence-corrected chi connectivity index (χ1v) is 7.10. The quantitative estimate of drug-likeness (QED) is 0.885. The molecular weight excluding hydrogens is 310 g/mol. The molecular formula is C14H18ClN3O2S. The third kappa shape index (κ3) is 4.70. The fourth-order valence-electron chi connectivity index (χ4n) is 1.74. The number of thiazole rings is 1. The van der Waals surface area contributed by atoms with E-state index in [1.54, 1.807) is 24.3 Å². The van der Waals surface area contributed by atoms with Crippen LogP contribution in [0.15, 0.2) is 24.3 Å². The molecule has 7 heteroatoms. The number of rotatable bonds is 5. The summed E-state index contributed by atoms with van der Waals surface area (Å²) >= 11 is 1.39. The van der Waals surface area contributed by atoms with Crippen LogP contribution in [0.4, 0.5) is 5.69 Å². The molecule has 0 aliphatic rings. The number of carbonyl (C=O) groups is 1. The molecule has 0 fully saturated rings. The molecule has 0 aliphatic carbocycles. The fraction of sp³-hybridized carbons (Fsp3) is 0.286. The lowest BCUT2D eigenvalue weighted by Crippen LogP contribution is -2.12. The largest absolute Gasteiger partial charge is 0.492 e. The minimum absolute atomic E-state index is 0. The predicted molar refractivity (Wildman–Crippen MR) is 87.8 cm³/mol. The second kappa shape index (κ2) is 7.97. The highest BCUT2D eigenvalue weighted by molar-refractivity contribution is 7.13. The zero-order chi connectivity index (χ0) is 14.5. The average molecular weight is 328 g/mol. The standard InChI is InChI=1S/C14H17N3O2S.ClH/c1-9-13(20-10(2)16-9)14(18)17-11-3-5-12(6-4-11)19-8-7-15;/h3-6H,7-8,15H2,1-2H3,(H,17,18);1H. The summed E-state index contributed by atoms with van der Waals surface area (Å²) in [4.78, 5) is 17.0. The molecule has 1 aromatic heterocycles. The smallest absolute Gasteiger partial charge is 0.267 e. The number of hydrogen-bond acceptors (Lipinski definition) is 5. The van der Waals surface area contributed by atoms with Gasteiger partial charge >= 0.3 is 0 Å². The second-order valence-corrected chi connectivity index (χ2v) is 5.47. The normalized spacial score (nSPS) is 9.86. The van der Waals surface area contributed by atoms with Crippen molar-refractivity contribution < 1.29 is 9.53 Å². The predicted octanol–water partition coefficient (Wildman–Crippen LogP) is 2.77. The Kier molecular flexibility index (Phi) is 6.61. The number of nitrogens with two attached hydrogens (primary N) is 1. The molecule has 21 heavy (non-hydrogen) atoms. The minimum Gasteiger partial charge on any atom is -0.492 e. The van der Waals surface area contributed by atoms with Gasteiger partial charge in [0.15, 0.2) is 0 Å². The number of hydrogen-bond donors (Lipinski definition) is 2. The van der Waals surface area contributed by atoms with Crippen molar-refractivity contribution in [3.05, 3.63) is 39.8 Å². The fourth-order valence-corrected chi connectivity index (χ4v) is 2.56. The molecule has 0 saturated heterocycles. The van der Waals surface area contributed by atoms with Crippen LogP contribution in [0.3, 0.4) is 0 Å². The van der Waals surface area contributed by atoms with E-state index < -0.39 is 0 Å². The van der Waals surface area contributed by atoms with Crippen molar-refractivity contribution in [1.29, 1.82) is 0 Å². The maximum absolute atomic E-state index is 12.1. The van der Waals surface area contributed by atoms with E-state index in [1.165, 1.54) is 11.3 Å². The first kappa shape index (κ1) is 17.4. The highest BCUT2D eigenvalue weighted by Gasteiger charge is 2.13. The van der Waals surface area contributed by atoms with Crippen molar-refractivity contribution >= 4 is 35.3 Å². The van der Waals surface area contributed by atoms with Crippen molar-refractivity contribution in [2.75, 3.05) is 18.5 Å². The molecule has 3 N–H and O–H groups in total. The Balaban J connectivity index is 0.00000220. The highest BCUT2D eigenvalue weighted by atomic mass is 35.5. The molecule has 0 aliphatic heterocycles. The Morgan fingerprint density at radius 2 is 2.00 bits per heavy atom. The van der Waals surface area contributed by atoms with E-state index in [9.17, 15) is 4.79 Å². The van der Waals surface area contributed by atoms with E-state index in [1.807, 2.05) is 13.8 Å². The number of halogens is 1. The van der Waals surface area contributed by atoms with Crippen LogP contribution >= 0.6 is 23.7 Å². The van der Waals surface area contributed by atoms with E-state index in [2.05, 4.69) is 10.3 Å². The first-order valence-electron chi connectivity index (χ1n) is 6.28. The van der Waals surface area contributed by atoms with Crippen LogP contribution in [0.2, 0.25) is 0 Å². The second-order valence-electron chi connectivity index (χ2n) is 4.26. The molecule has 0 bridgehead atoms. The third-order valence-corrected chi connectivity index (χ3v) is 3.68. The molecule has 1 aromatic carbocycles. The van der Waals surface area contributed by atoms with E-state index in [4.69, 9.17) is 10.5 Å². The Bertz CT molecular complexity index is 599. The van der Waals surface area contributed by atoms with Gasteiger partial charge in [0.25, 0.3) is 5.91 Å². The van der Waals surface area contributed by atoms with Gasteiger partial charge in [0.05, 0.1) is 10.7 Å². The SMILES string of the molecule is Cc1nc(C)c(C(=O)Nc2ccc(OCCN)cc2)s1.Cl. The zero-order valence-corrected chi connectivity index (χ0v) is 13.5. The van der Waals surface area contributed by atoms with E-state index in [0.717, 1.165) is 22.1 Å². The Morgan fingerprint density at radius 3 is 2.52 bits per heavy atom. The van der Waals surface area contributed by atoms with Crippen LogP contribution in [0.5, 0.6) is 5.75 Å². The van der Waals surface area contributed by atoms with E-state index in [0.29, 0.717) is 18.0 Å². The summed E-state index contributed by atoms with van der Waals surface area (Å²) in [7, 11) is 0. The van der Waals surface area contributed by atoms with Crippen LogP contribution in [0.1, 0.15) is 20.4 Å². The lowest BCUT2D eigenvalue weighted by molar-refractivity contribution is 0.103. The van der Waals surface area contributed by atoms with Gasteiger partial charge in [-0.1, -0.05) is 0 Å². The van der Waals surface area contributed by atoms with Crippen molar-refractivity contribution in [2.45, 2.75) is 13.8 Å². The van der Waals surface area contributed by atoms with Gasteiger partial charge in [0.2, 0.25) is 0 Å². The number of ether oxygens (including phenoxy) is 1. The average Bonchev–Trinajstić information content (AvgIpc) is 2.77. The van der Waals surface area contributed by atoms with Gasteiger partial charge in [-0.25, -0.2) is 4.98 Å². The molecule has 1 amide bonds. The van der Waals surface area contributed by atoms with Gasteiger partial charge in [-0.05, 0) is 38.1 Å². The molecule has 0 saturated carbocycles. The van der Waals surface area contributed by atoms with Crippen molar-refractivity contribution in [2.24, 2.45) is 5.73 Å². The third-order valence-electron chi connectivity index (χ3n) is 2.61. The molecule has 0 unspecified atom stereocenters. The lowest BCUT2D eigenvalue weighted by atomic mass is 10.3. The summed E-state index contributed by atoms with van der Waals surface area (Å²) in [5.41, 5.74) is 6.85. The lowest BCUT2D eigenvalue weighted by Gasteiger charge is -2.07. The van der Waals surface area contributed by atoms with Gasteiger partial charge in [0.1, 0.15) is 17.2 Å². The van der Waals surface area contributed by atoms with Crippen LogP contribution < -0.4 is 15.8 Å². The number of amides is 1. The monoisotopic (exact) mass is 327 g/mol. The molecule has 0 spiro atoms. The van der Waals surface area contributed by atoms with Crippen molar-refractivity contribution in [1.82, 2.24) is 4.98 Å². The molecule has 0 atom stereocenters. The molecule has 2 aromatic rings. The Morgan fingerprint density at radius 1 is 1.33 bits per heavy atom. The number of aromatic nitrogens is 1. The number of nitrogens with zero attached hydrogens (tertiary/aromatic N) is 1. The summed E-state index contributed by atoms with van der Waals surface area (Å²) in [6.07, 6.45) is 0. The zero-order valence-electron chi connectivity index (χ0n) is 11.9. The van der Waals surface area contributed by atoms with Crippen LogP contribution in [0.25, 0.3) is 0 Å². The summed E-state index contributed by atoms with van der Waals surface area (Å²) < 4.78 is 5.38. The van der Waals surface area contributed by atoms with Gasteiger partial charge in [0, 0.05) is 12.2 Å². The molecule has 2 rings (SSSR count). The Labute approximate surface area is 133 Å².